The van der Waals surface area contributed by atoms with Gasteiger partial charge in [0.2, 0.25) is 0 Å². The van der Waals surface area contributed by atoms with Gasteiger partial charge in [0.1, 0.15) is 11.2 Å². The molecule has 0 saturated heterocycles. The number of carbonyl (C=O) groups is 3. The molecular weight excluding hydrogens is 284 g/mol. The Bertz CT molecular complexity index is 300. The normalized spacial score (nSPS) is 11.6. The van der Waals surface area contributed by atoms with Gasteiger partial charge in [-0.2, -0.15) is 0 Å². The third-order valence-corrected chi connectivity index (χ3v) is 2.39. The number of carboxylic acid groups (broad SMARTS) is 1. The van der Waals surface area contributed by atoms with Crippen LogP contribution in [0.3, 0.4) is 0 Å². The van der Waals surface area contributed by atoms with Crippen LogP contribution in [-0.2, 0) is 14.4 Å². The zero-order valence-electron chi connectivity index (χ0n) is 9.88. The van der Waals surface area contributed by atoms with E-state index in [1.165, 1.54) is 13.8 Å². The average Bonchev–Trinajstić information content (AvgIpc) is 2.01. The summed E-state index contributed by atoms with van der Waals surface area (Å²) in [5.41, 5.74) is -2.09. The molecule has 0 atom stereocenters. The second-order valence-electron chi connectivity index (χ2n) is 5.20. The zero-order chi connectivity index (χ0) is 12.4. The van der Waals surface area contributed by atoms with Crippen molar-refractivity contribution in [3.05, 3.63) is 0 Å². The molecule has 0 amide bonds. The van der Waals surface area contributed by atoms with E-state index in [1.807, 2.05) is 0 Å². The number of carboxylic acids is 1. The van der Waals surface area contributed by atoms with Crippen molar-refractivity contribution >= 4 is 63.0 Å². The van der Waals surface area contributed by atoms with E-state index in [1.54, 1.807) is 20.8 Å². The van der Waals surface area contributed by atoms with Crippen LogP contribution in [0.4, 0.5) is 0 Å². The third-order valence-electron chi connectivity index (χ3n) is 2.39. The van der Waals surface area contributed by atoms with Crippen LogP contribution in [0.2, 0.25) is 0 Å². The summed E-state index contributed by atoms with van der Waals surface area (Å²) >= 11 is 0. The molecule has 0 aromatic heterocycles. The molecule has 0 aliphatic rings. The molecule has 0 saturated carbocycles. The second-order valence-corrected chi connectivity index (χ2v) is 5.20. The molecule has 4 nitrogen and oxygen atoms in total. The van der Waals surface area contributed by atoms with E-state index in [0.29, 0.717) is 0 Å². The molecule has 0 radical (unpaired) electrons. The van der Waals surface area contributed by atoms with E-state index in [9.17, 15) is 14.4 Å². The molecule has 0 aliphatic carbocycles. The minimum absolute atomic E-state index is 0. The summed E-state index contributed by atoms with van der Waals surface area (Å²) in [5.74, 6) is -1.98. The molecule has 0 aliphatic heterocycles. The van der Waals surface area contributed by atoms with Gasteiger partial charge in [0.15, 0.2) is 5.78 Å². The summed E-state index contributed by atoms with van der Waals surface area (Å²) in [6.45, 7) is 7.74. The Hall–Kier alpha value is 0.291. The number of rotatable bonds is 4. The van der Waals surface area contributed by atoms with Crippen molar-refractivity contribution in [1.29, 1.82) is 0 Å². The molecule has 0 unspecified atom stereocenters. The van der Waals surface area contributed by atoms with Crippen LogP contribution in [0.5, 0.6) is 0 Å². The van der Waals surface area contributed by atoms with Gasteiger partial charge in [-0.25, -0.2) is 0 Å². The first-order chi connectivity index (χ1) is 6.49. The van der Waals surface area contributed by atoms with Gasteiger partial charge < -0.3 is 5.11 Å². The number of aliphatic carboxylic acids is 1. The summed E-state index contributed by atoms with van der Waals surface area (Å²) in [4.78, 5) is 33.9. The molecule has 0 fully saturated rings. The molecule has 0 aromatic rings. The van der Waals surface area contributed by atoms with Crippen molar-refractivity contribution in [3.63, 3.8) is 0 Å². The molecule has 0 heterocycles. The van der Waals surface area contributed by atoms with Gasteiger partial charge in [0.05, 0.1) is 6.42 Å². The Morgan fingerprint density at radius 3 is 1.56 bits per heavy atom. The molecule has 90 valence electrons. The molecule has 0 aromatic carbocycles. The topological polar surface area (TPSA) is 71.4 Å². The van der Waals surface area contributed by atoms with Crippen LogP contribution in [0.15, 0.2) is 0 Å². The first-order valence-electron chi connectivity index (χ1n) is 4.79. The molecule has 0 rings (SSSR count). The third kappa shape index (κ3) is 5.08. The van der Waals surface area contributed by atoms with Crippen LogP contribution < -0.4 is 0 Å². The monoisotopic (exact) mass is 304 g/mol. The van der Waals surface area contributed by atoms with Crippen molar-refractivity contribution in [3.8, 4) is 0 Å². The summed E-state index contributed by atoms with van der Waals surface area (Å²) in [6.07, 6.45) is -0.317. The number of Topliss-reactive ketones (excluding diaryl/α,β-unsaturated/α-hetero) is 2. The van der Waals surface area contributed by atoms with Crippen molar-refractivity contribution in [2.24, 2.45) is 10.8 Å². The van der Waals surface area contributed by atoms with Crippen molar-refractivity contribution in [2.75, 3.05) is 0 Å². The van der Waals surface area contributed by atoms with Gasteiger partial charge in [-0.05, 0) is 13.8 Å². The fraction of sp³-hybridized carbons (Fsp3) is 0.727. The Morgan fingerprint density at radius 2 is 1.31 bits per heavy atom. The predicted molar refractivity (Wildman–Crippen MR) is 64.0 cm³/mol. The second kappa shape index (κ2) is 6.28. The van der Waals surface area contributed by atoms with Gasteiger partial charge in [-0.3, -0.25) is 14.4 Å². The number of ketones is 2. The molecule has 5 heteroatoms. The van der Waals surface area contributed by atoms with Crippen LogP contribution in [-0.4, -0.2) is 68.1 Å². The first kappa shape index (κ1) is 18.7. The number of hydrogen-bond donors (Lipinski definition) is 1. The first-order valence-corrected chi connectivity index (χ1v) is 4.79. The van der Waals surface area contributed by atoms with Gasteiger partial charge in [0.25, 0.3) is 0 Å². The van der Waals surface area contributed by atoms with Crippen LogP contribution >= 0.6 is 0 Å². The predicted octanol–water partition coefficient (Wildman–Crippen LogP) is 0.755. The fourth-order valence-electron chi connectivity index (χ4n) is 0.751. The summed E-state index contributed by atoms with van der Waals surface area (Å²) in [7, 11) is 0. The average molecular weight is 304 g/mol. The molecule has 16 heavy (non-hydrogen) atoms. The minimum atomic E-state index is -1.49. The Balaban J connectivity index is 0. The van der Waals surface area contributed by atoms with E-state index in [4.69, 9.17) is 5.11 Å². The molecule has 1 N–H and O–H groups in total. The SMILES string of the molecule is CC(C)(C)C(=O)CC(=O)C(C)(C)C(=O)O.[SrH2]. The summed E-state index contributed by atoms with van der Waals surface area (Å²) in [5, 5.41) is 8.80. The summed E-state index contributed by atoms with van der Waals surface area (Å²) in [6, 6.07) is 0. The maximum absolute atomic E-state index is 11.6. The number of hydrogen-bond acceptors (Lipinski definition) is 3. The van der Waals surface area contributed by atoms with Gasteiger partial charge in [-0.1, -0.05) is 20.8 Å². The van der Waals surface area contributed by atoms with Crippen molar-refractivity contribution < 1.29 is 19.5 Å². The van der Waals surface area contributed by atoms with E-state index >= 15 is 0 Å². The maximum atomic E-state index is 11.6. The van der Waals surface area contributed by atoms with Gasteiger partial charge >= 0.3 is 51.5 Å². The van der Waals surface area contributed by atoms with E-state index in [0.717, 1.165) is 0 Å². The fourth-order valence-corrected chi connectivity index (χ4v) is 0.751. The Kier molecular flexibility index (Phi) is 7.33. The standard InChI is InChI=1S/C11H18O4.Sr.2H/c1-10(2,3)7(12)6-8(13)11(4,5)9(14)15;;;/h6H2,1-5H3,(H,14,15);;;. The number of carbonyl (C=O) groups excluding carboxylic acids is 2. The molecule has 0 spiro atoms. The Morgan fingerprint density at radius 1 is 0.938 bits per heavy atom. The Labute approximate surface area is 133 Å². The van der Waals surface area contributed by atoms with E-state index in [2.05, 4.69) is 0 Å². The van der Waals surface area contributed by atoms with Gasteiger partial charge in [-0.15, -0.1) is 0 Å². The van der Waals surface area contributed by atoms with Crippen LogP contribution in [0.25, 0.3) is 0 Å². The quantitative estimate of drug-likeness (QED) is 0.615. The van der Waals surface area contributed by atoms with Gasteiger partial charge in [0, 0.05) is 5.41 Å². The summed E-state index contributed by atoms with van der Waals surface area (Å²) < 4.78 is 0. The van der Waals surface area contributed by atoms with Crippen molar-refractivity contribution in [1.82, 2.24) is 0 Å². The van der Waals surface area contributed by atoms with E-state index < -0.39 is 22.6 Å². The molecule has 0 bridgehead atoms. The van der Waals surface area contributed by atoms with Crippen LogP contribution in [0, 0.1) is 10.8 Å². The zero-order valence-corrected chi connectivity index (χ0v) is 9.88. The van der Waals surface area contributed by atoms with Crippen LogP contribution in [0.1, 0.15) is 41.0 Å². The van der Waals surface area contributed by atoms with E-state index in [-0.39, 0.29) is 57.7 Å². The van der Waals surface area contributed by atoms with Crippen molar-refractivity contribution in [2.45, 2.75) is 41.0 Å². The molecular formula is C11H20O4Sr.